The molecule has 0 aliphatic rings. The number of ether oxygens (including phenoxy) is 1. The fraction of sp³-hybridized carbons (Fsp3) is 0.200. The molecule has 0 unspecified atom stereocenters. The van der Waals surface area contributed by atoms with E-state index in [1.165, 1.54) is 0 Å². The van der Waals surface area contributed by atoms with Crippen molar-refractivity contribution < 1.29 is 9.84 Å². The quantitative estimate of drug-likeness (QED) is 0.247. The Kier molecular flexibility index (Phi) is 5.73. The number of benzene rings is 1. The van der Waals surface area contributed by atoms with Crippen LogP contribution in [0.25, 0.3) is 23.2 Å². The maximum absolute atomic E-state index is 10.2. The Balaban J connectivity index is 2.14. The van der Waals surface area contributed by atoms with Gasteiger partial charge in [-0.05, 0) is 37.6 Å². The number of hydrogen-bond acceptors (Lipinski definition) is 3. The first-order valence-corrected chi connectivity index (χ1v) is 10.3. The molecule has 0 fully saturated rings. The summed E-state index contributed by atoms with van der Waals surface area (Å²) in [7, 11) is 1.63. The van der Waals surface area contributed by atoms with Crippen LogP contribution in [0.15, 0.2) is 43.0 Å². The predicted octanol–water partition coefficient (Wildman–Crippen LogP) is 2.57. The van der Waals surface area contributed by atoms with Gasteiger partial charge in [-0.2, -0.15) is 0 Å². The second-order valence-electron chi connectivity index (χ2n) is 7.58. The van der Waals surface area contributed by atoms with Crippen molar-refractivity contribution in [2.24, 2.45) is 0 Å². The fourth-order valence-corrected chi connectivity index (χ4v) is 4.04. The molecule has 31 heavy (non-hydrogen) atoms. The molecule has 4 rings (SSSR count). The van der Waals surface area contributed by atoms with Crippen LogP contribution in [-0.2, 0) is 6.61 Å². The van der Waals surface area contributed by atoms with Crippen molar-refractivity contribution >= 4 is 23.2 Å². The van der Waals surface area contributed by atoms with Gasteiger partial charge in [-0.25, -0.2) is 0 Å². The number of nitrogens with one attached hydrogen (secondary N) is 4. The summed E-state index contributed by atoms with van der Waals surface area (Å²) in [6.45, 7) is 8.37. The smallest absolute Gasteiger partial charge is 0.150 e. The summed E-state index contributed by atoms with van der Waals surface area (Å²) in [5.74, 6) is 0.632. The summed E-state index contributed by atoms with van der Waals surface area (Å²) in [6.07, 6.45) is 5.81. The van der Waals surface area contributed by atoms with E-state index in [0.717, 1.165) is 49.1 Å². The molecule has 1 aromatic carbocycles. The van der Waals surface area contributed by atoms with Gasteiger partial charge in [0.25, 0.3) is 0 Å². The molecule has 0 bridgehead atoms. The molecule has 0 saturated heterocycles. The monoisotopic (exact) mass is 416 g/mol. The summed E-state index contributed by atoms with van der Waals surface area (Å²) in [5.41, 5.74) is 4.97. The fourth-order valence-electron chi connectivity index (χ4n) is 4.04. The molecule has 0 spiro atoms. The number of aliphatic hydroxyl groups excluding tert-OH is 1. The molecule has 0 amide bonds. The standard InChI is InChI=1S/C25H28N4O2/c1-5-10-26-13-18-17-8-6-7-9-20(17)28-23(18)24-19(14-30)25(31-4)22(29-24)12-21-15(2)11-16(3)27-21/h5-9,11-13,26-30H,1,10,14H2,2-4H3/b18-13?,22-12?,24-23-. The first-order chi connectivity index (χ1) is 15.1. The number of fused-ring (bicyclic) bond motifs is 1. The summed E-state index contributed by atoms with van der Waals surface area (Å²) in [5, 5.41) is 18.1. The Bertz CT molecular complexity index is 1450. The minimum absolute atomic E-state index is 0.152. The zero-order valence-corrected chi connectivity index (χ0v) is 18.1. The molecule has 5 N–H and O–H groups in total. The van der Waals surface area contributed by atoms with Crippen molar-refractivity contribution in [2.75, 3.05) is 13.7 Å². The zero-order chi connectivity index (χ0) is 22.0. The average molecular weight is 417 g/mol. The van der Waals surface area contributed by atoms with Gasteiger partial charge < -0.3 is 30.1 Å². The lowest BCUT2D eigenvalue weighted by Gasteiger charge is -1.99. The van der Waals surface area contributed by atoms with E-state index in [-0.39, 0.29) is 6.61 Å². The second kappa shape index (κ2) is 8.62. The minimum Gasteiger partial charge on any atom is -0.494 e. The van der Waals surface area contributed by atoms with E-state index in [1.54, 1.807) is 7.11 Å². The number of rotatable bonds is 6. The molecular weight excluding hydrogens is 388 g/mol. The SMILES string of the molecule is C=CCNC=c1/c(=c2/[nH]c(=Cc3[nH]c(C)cc3C)c(OC)c2CO)[nH]c2ccccc12. The number of aromatic nitrogens is 3. The van der Waals surface area contributed by atoms with Crippen LogP contribution in [0.3, 0.4) is 0 Å². The molecule has 4 aromatic rings. The summed E-state index contributed by atoms with van der Waals surface area (Å²) in [6, 6.07) is 10.2. The summed E-state index contributed by atoms with van der Waals surface area (Å²) < 4.78 is 5.71. The van der Waals surface area contributed by atoms with Gasteiger partial charge in [0.1, 0.15) is 5.75 Å². The molecule has 160 valence electrons. The number of para-hydroxylation sites is 1. The lowest BCUT2D eigenvalue weighted by atomic mass is 10.2. The number of methoxy groups -OCH3 is 1. The third-order valence-electron chi connectivity index (χ3n) is 5.43. The highest BCUT2D eigenvalue weighted by molar-refractivity contribution is 5.80. The van der Waals surface area contributed by atoms with Gasteiger partial charge in [0.2, 0.25) is 0 Å². The second-order valence-corrected chi connectivity index (χ2v) is 7.58. The average Bonchev–Trinajstić information content (AvgIpc) is 3.40. The molecule has 0 aliphatic heterocycles. The molecule has 0 atom stereocenters. The van der Waals surface area contributed by atoms with E-state index in [0.29, 0.717) is 17.9 Å². The molecule has 6 heteroatoms. The normalized spacial score (nSPS) is 13.8. The highest BCUT2D eigenvalue weighted by Crippen LogP contribution is 2.17. The highest BCUT2D eigenvalue weighted by Gasteiger charge is 2.12. The predicted molar refractivity (Wildman–Crippen MR) is 125 cm³/mol. The number of aryl methyl sites for hydroxylation is 2. The van der Waals surface area contributed by atoms with Crippen LogP contribution in [0.4, 0.5) is 0 Å². The number of hydrogen-bond donors (Lipinski definition) is 5. The van der Waals surface area contributed by atoms with Crippen LogP contribution in [-0.4, -0.2) is 33.7 Å². The van der Waals surface area contributed by atoms with Crippen molar-refractivity contribution in [1.82, 2.24) is 20.3 Å². The molecule has 0 aliphatic carbocycles. The maximum Gasteiger partial charge on any atom is 0.150 e. The minimum atomic E-state index is -0.152. The number of H-pyrrole nitrogens is 3. The Labute approximate surface area is 180 Å². The van der Waals surface area contributed by atoms with E-state index >= 15 is 0 Å². The van der Waals surface area contributed by atoms with Crippen LogP contribution in [0.5, 0.6) is 5.75 Å². The van der Waals surface area contributed by atoms with Gasteiger partial charge in [-0.1, -0.05) is 24.3 Å². The van der Waals surface area contributed by atoms with Crippen LogP contribution in [0.1, 0.15) is 22.5 Å². The lowest BCUT2D eigenvalue weighted by Crippen LogP contribution is -2.12. The topological polar surface area (TPSA) is 88.9 Å². The van der Waals surface area contributed by atoms with Crippen LogP contribution in [0.2, 0.25) is 0 Å². The maximum atomic E-state index is 10.2. The van der Waals surface area contributed by atoms with Gasteiger partial charge in [0.05, 0.1) is 29.8 Å². The lowest BCUT2D eigenvalue weighted by molar-refractivity contribution is 0.273. The molecule has 3 aromatic heterocycles. The Morgan fingerprint density at radius 1 is 1.13 bits per heavy atom. The van der Waals surface area contributed by atoms with Crippen LogP contribution >= 0.6 is 0 Å². The molecule has 3 heterocycles. The Morgan fingerprint density at radius 3 is 2.61 bits per heavy atom. The Hall–Kier alpha value is -3.64. The van der Waals surface area contributed by atoms with Crippen molar-refractivity contribution in [3.8, 4) is 5.75 Å². The Morgan fingerprint density at radius 2 is 1.94 bits per heavy atom. The van der Waals surface area contributed by atoms with Crippen molar-refractivity contribution in [1.29, 1.82) is 0 Å². The van der Waals surface area contributed by atoms with Gasteiger partial charge >= 0.3 is 0 Å². The summed E-state index contributed by atoms with van der Waals surface area (Å²) >= 11 is 0. The molecular formula is C25H28N4O2. The van der Waals surface area contributed by atoms with E-state index in [4.69, 9.17) is 4.74 Å². The number of aliphatic hydroxyl groups is 1. The van der Waals surface area contributed by atoms with Crippen LogP contribution in [0, 0.1) is 24.5 Å². The van der Waals surface area contributed by atoms with Gasteiger partial charge in [0.15, 0.2) is 0 Å². The third-order valence-corrected chi connectivity index (χ3v) is 5.43. The molecule has 0 radical (unpaired) electrons. The van der Waals surface area contributed by atoms with E-state index in [9.17, 15) is 5.11 Å². The van der Waals surface area contributed by atoms with E-state index in [2.05, 4.69) is 45.9 Å². The highest BCUT2D eigenvalue weighted by atomic mass is 16.5. The third kappa shape index (κ3) is 3.78. The molecule has 0 saturated carbocycles. The van der Waals surface area contributed by atoms with Gasteiger partial charge in [0, 0.05) is 45.8 Å². The van der Waals surface area contributed by atoms with Crippen molar-refractivity contribution in [3.05, 3.63) is 86.8 Å². The van der Waals surface area contributed by atoms with E-state index < -0.39 is 0 Å². The first-order valence-electron chi connectivity index (χ1n) is 10.3. The largest absolute Gasteiger partial charge is 0.494 e. The summed E-state index contributed by atoms with van der Waals surface area (Å²) in [4.78, 5) is 10.4. The van der Waals surface area contributed by atoms with Gasteiger partial charge in [-0.3, -0.25) is 0 Å². The van der Waals surface area contributed by atoms with Crippen molar-refractivity contribution in [2.45, 2.75) is 20.5 Å². The molecule has 6 nitrogen and oxygen atoms in total. The van der Waals surface area contributed by atoms with Gasteiger partial charge in [-0.15, -0.1) is 6.58 Å². The first kappa shape index (κ1) is 20.6. The zero-order valence-electron chi connectivity index (χ0n) is 18.1. The van der Waals surface area contributed by atoms with Crippen LogP contribution < -0.4 is 20.6 Å². The van der Waals surface area contributed by atoms with Crippen molar-refractivity contribution in [3.63, 3.8) is 0 Å². The number of aromatic amines is 3. The van der Waals surface area contributed by atoms with E-state index in [1.807, 2.05) is 43.5 Å².